The molecule has 0 spiro atoms. The van der Waals surface area contributed by atoms with Gasteiger partial charge in [-0.1, -0.05) is 13.0 Å². The topological polar surface area (TPSA) is 50.7 Å². The fourth-order valence-corrected chi connectivity index (χ4v) is 2.44. The Labute approximate surface area is 130 Å². The van der Waals surface area contributed by atoms with Crippen LogP contribution in [-0.2, 0) is 13.0 Å². The number of rotatable bonds is 4. The van der Waals surface area contributed by atoms with Gasteiger partial charge in [0.2, 0.25) is 0 Å². The number of benzene rings is 1. The van der Waals surface area contributed by atoms with Gasteiger partial charge in [0.1, 0.15) is 5.82 Å². The molecule has 1 N–H and O–H groups in total. The standard InChI is InChI=1S/C18H20N4/c1-4-14-5-6-17-16(8-14)12(2)7-18(22-17)21-11-15-10-19-13(3)9-20-15/h5-10H,4,11H2,1-3H3,(H,21,22). The Balaban J connectivity index is 1.83. The van der Waals surface area contributed by atoms with E-state index in [2.05, 4.69) is 58.4 Å². The van der Waals surface area contributed by atoms with E-state index in [4.69, 9.17) is 0 Å². The molecule has 0 aliphatic heterocycles. The first-order chi connectivity index (χ1) is 10.7. The molecule has 2 aromatic heterocycles. The molecule has 0 aliphatic carbocycles. The fraction of sp³-hybridized carbons (Fsp3) is 0.278. The molecule has 4 heteroatoms. The SMILES string of the molecule is CCc1ccc2nc(NCc3cnc(C)cn3)cc(C)c2c1. The number of aromatic nitrogens is 3. The number of nitrogens with zero attached hydrogens (tertiary/aromatic N) is 3. The molecule has 0 unspecified atom stereocenters. The molecule has 0 bridgehead atoms. The summed E-state index contributed by atoms with van der Waals surface area (Å²) in [5, 5.41) is 4.55. The van der Waals surface area contributed by atoms with Gasteiger partial charge in [-0.25, -0.2) is 4.98 Å². The van der Waals surface area contributed by atoms with Gasteiger partial charge in [-0.3, -0.25) is 9.97 Å². The maximum absolute atomic E-state index is 4.68. The number of aryl methyl sites for hydroxylation is 3. The van der Waals surface area contributed by atoms with Crippen molar-refractivity contribution in [1.29, 1.82) is 0 Å². The average Bonchev–Trinajstić information content (AvgIpc) is 2.54. The zero-order valence-corrected chi connectivity index (χ0v) is 13.2. The summed E-state index contributed by atoms with van der Waals surface area (Å²) in [6.07, 6.45) is 4.62. The molecule has 22 heavy (non-hydrogen) atoms. The van der Waals surface area contributed by atoms with E-state index in [-0.39, 0.29) is 0 Å². The monoisotopic (exact) mass is 292 g/mol. The lowest BCUT2D eigenvalue weighted by Gasteiger charge is -2.10. The Morgan fingerprint density at radius 2 is 1.91 bits per heavy atom. The summed E-state index contributed by atoms with van der Waals surface area (Å²) in [5.41, 5.74) is 5.43. The minimum Gasteiger partial charge on any atom is -0.364 e. The van der Waals surface area contributed by atoms with Crippen LogP contribution in [0, 0.1) is 13.8 Å². The third-order valence-electron chi connectivity index (χ3n) is 3.77. The van der Waals surface area contributed by atoms with E-state index >= 15 is 0 Å². The Morgan fingerprint density at radius 1 is 1.05 bits per heavy atom. The van der Waals surface area contributed by atoms with Gasteiger partial charge in [0.15, 0.2) is 0 Å². The summed E-state index contributed by atoms with van der Waals surface area (Å²) < 4.78 is 0. The van der Waals surface area contributed by atoms with Crippen LogP contribution in [0.25, 0.3) is 10.9 Å². The molecule has 2 heterocycles. The van der Waals surface area contributed by atoms with E-state index in [0.717, 1.165) is 29.1 Å². The van der Waals surface area contributed by atoms with Gasteiger partial charge < -0.3 is 5.32 Å². The zero-order chi connectivity index (χ0) is 15.5. The highest BCUT2D eigenvalue weighted by Crippen LogP contribution is 2.22. The maximum Gasteiger partial charge on any atom is 0.127 e. The second kappa shape index (κ2) is 6.10. The number of hydrogen-bond acceptors (Lipinski definition) is 4. The summed E-state index contributed by atoms with van der Waals surface area (Å²) in [6.45, 7) is 6.85. The quantitative estimate of drug-likeness (QED) is 0.794. The van der Waals surface area contributed by atoms with Crippen LogP contribution in [-0.4, -0.2) is 15.0 Å². The fourth-order valence-electron chi connectivity index (χ4n) is 2.44. The molecule has 0 radical (unpaired) electrons. The van der Waals surface area contributed by atoms with Crippen molar-refractivity contribution in [2.24, 2.45) is 0 Å². The molecule has 3 rings (SSSR count). The summed E-state index contributed by atoms with van der Waals surface area (Å²) in [5.74, 6) is 0.872. The van der Waals surface area contributed by atoms with Gasteiger partial charge >= 0.3 is 0 Å². The van der Waals surface area contributed by atoms with E-state index in [1.54, 1.807) is 12.4 Å². The van der Waals surface area contributed by atoms with Gasteiger partial charge in [0.05, 0.1) is 29.6 Å². The van der Waals surface area contributed by atoms with Crippen LogP contribution in [0.5, 0.6) is 0 Å². The lowest BCUT2D eigenvalue weighted by molar-refractivity contribution is 0.978. The van der Waals surface area contributed by atoms with Crippen molar-refractivity contribution >= 4 is 16.7 Å². The van der Waals surface area contributed by atoms with Crippen LogP contribution in [0.3, 0.4) is 0 Å². The maximum atomic E-state index is 4.68. The van der Waals surface area contributed by atoms with Crippen LogP contribution in [0.1, 0.15) is 29.4 Å². The normalized spacial score (nSPS) is 10.9. The average molecular weight is 292 g/mol. The largest absolute Gasteiger partial charge is 0.364 e. The molecular formula is C18H20N4. The first kappa shape index (κ1) is 14.4. The molecular weight excluding hydrogens is 272 g/mol. The van der Waals surface area contributed by atoms with Gasteiger partial charge in [0.25, 0.3) is 0 Å². The molecule has 0 saturated carbocycles. The minimum atomic E-state index is 0.623. The van der Waals surface area contributed by atoms with Crippen LogP contribution in [0.15, 0.2) is 36.7 Å². The predicted molar refractivity (Wildman–Crippen MR) is 90.0 cm³/mol. The molecule has 0 aliphatic rings. The number of pyridine rings is 1. The van der Waals surface area contributed by atoms with Crippen molar-refractivity contribution in [2.75, 3.05) is 5.32 Å². The van der Waals surface area contributed by atoms with Gasteiger partial charge in [-0.15, -0.1) is 0 Å². The van der Waals surface area contributed by atoms with Crippen LogP contribution >= 0.6 is 0 Å². The third-order valence-corrected chi connectivity index (χ3v) is 3.77. The molecule has 0 fully saturated rings. The molecule has 3 aromatic rings. The molecule has 0 amide bonds. The van der Waals surface area contributed by atoms with Crippen LogP contribution in [0.4, 0.5) is 5.82 Å². The minimum absolute atomic E-state index is 0.623. The molecule has 112 valence electrons. The van der Waals surface area contributed by atoms with E-state index in [0.29, 0.717) is 6.54 Å². The van der Waals surface area contributed by atoms with E-state index in [9.17, 15) is 0 Å². The molecule has 4 nitrogen and oxygen atoms in total. The second-order valence-corrected chi connectivity index (χ2v) is 5.53. The lowest BCUT2D eigenvalue weighted by atomic mass is 10.1. The summed E-state index contributed by atoms with van der Waals surface area (Å²) >= 11 is 0. The van der Waals surface area contributed by atoms with Crippen molar-refractivity contribution in [3.8, 4) is 0 Å². The molecule has 0 saturated heterocycles. The van der Waals surface area contributed by atoms with Crippen molar-refractivity contribution < 1.29 is 0 Å². The first-order valence-corrected chi connectivity index (χ1v) is 7.57. The van der Waals surface area contributed by atoms with Gasteiger partial charge in [-0.2, -0.15) is 0 Å². The van der Waals surface area contributed by atoms with Gasteiger partial charge in [-0.05, 0) is 49.6 Å². The molecule has 0 atom stereocenters. The van der Waals surface area contributed by atoms with E-state index in [1.807, 2.05) is 6.92 Å². The predicted octanol–water partition coefficient (Wildman–Crippen LogP) is 3.82. The van der Waals surface area contributed by atoms with Crippen molar-refractivity contribution in [1.82, 2.24) is 15.0 Å². The Bertz CT molecular complexity index is 794. The number of hydrogen-bond donors (Lipinski definition) is 1. The zero-order valence-electron chi connectivity index (χ0n) is 13.2. The third kappa shape index (κ3) is 3.06. The van der Waals surface area contributed by atoms with Gasteiger partial charge in [0, 0.05) is 11.6 Å². The highest BCUT2D eigenvalue weighted by molar-refractivity contribution is 5.84. The summed E-state index contributed by atoms with van der Waals surface area (Å²) in [6, 6.07) is 8.55. The van der Waals surface area contributed by atoms with Crippen molar-refractivity contribution in [3.05, 3.63) is 59.2 Å². The van der Waals surface area contributed by atoms with E-state index < -0.39 is 0 Å². The first-order valence-electron chi connectivity index (χ1n) is 7.57. The Hall–Kier alpha value is -2.49. The highest BCUT2D eigenvalue weighted by Gasteiger charge is 2.04. The van der Waals surface area contributed by atoms with Crippen molar-refractivity contribution in [3.63, 3.8) is 0 Å². The highest BCUT2D eigenvalue weighted by atomic mass is 15.0. The second-order valence-electron chi connectivity index (χ2n) is 5.53. The molecule has 1 aromatic carbocycles. The summed E-state index contributed by atoms with van der Waals surface area (Å²) in [4.78, 5) is 13.3. The lowest BCUT2D eigenvalue weighted by Crippen LogP contribution is -2.04. The number of nitrogens with one attached hydrogen (secondary N) is 1. The number of fused-ring (bicyclic) bond motifs is 1. The Kier molecular flexibility index (Phi) is 4.00. The van der Waals surface area contributed by atoms with Crippen LogP contribution < -0.4 is 5.32 Å². The van der Waals surface area contributed by atoms with Crippen LogP contribution in [0.2, 0.25) is 0 Å². The van der Waals surface area contributed by atoms with Crippen molar-refractivity contribution in [2.45, 2.75) is 33.7 Å². The Morgan fingerprint density at radius 3 is 2.64 bits per heavy atom. The van der Waals surface area contributed by atoms with E-state index in [1.165, 1.54) is 16.5 Å². The summed E-state index contributed by atoms with van der Waals surface area (Å²) in [7, 11) is 0. The number of anilines is 1. The smallest absolute Gasteiger partial charge is 0.127 e.